The van der Waals surface area contributed by atoms with E-state index in [0.29, 0.717) is 22.4 Å². The molecule has 0 radical (unpaired) electrons. The van der Waals surface area contributed by atoms with Crippen molar-refractivity contribution in [3.63, 3.8) is 0 Å². The third kappa shape index (κ3) is 4.97. The molecule has 1 N–H and O–H groups in total. The van der Waals surface area contributed by atoms with Gasteiger partial charge in [-0.05, 0) is 45.3 Å². The van der Waals surface area contributed by atoms with E-state index in [1.165, 1.54) is 11.6 Å². The zero-order valence-electron chi connectivity index (χ0n) is 12.2. The topological polar surface area (TPSA) is 70.3 Å². The van der Waals surface area contributed by atoms with Crippen LogP contribution in [-0.2, 0) is 11.2 Å². The van der Waals surface area contributed by atoms with E-state index in [1.807, 2.05) is 30.3 Å². The number of rotatable bonds is 6. The Bertz CT molecular complexity index is 764. The SMILES string of the molecule is N#CC(=Cc1ccc(OCCc2ccccc2)c(Br)c1)C(=O)O. The molecule has 0 unspecified atom stereocenters. The molecule has 0 aliphatic heterocycles. The number of halogens is 1. The van der Waals surface area contributed by atoms with E-state index >= 15 is 0 Å². The molecule has 0 saturated carbocycles. The fourth-order valence-corrected chi connectivity index (χ4v) is 2.47. The summed E-state index contributed by atoms with van der Waals surface area (Å²) in [5, 5.41) is 17.6. The summed E-state index contributed by atoms with van der Waals surface area (Å²) in [4.78, 5) is 10.8. The maximum atomic E-state index is 10.8. The molecular formula is C18H14BrNO3. The predicted molar refractivity (Wildman–Crippen MR) is 91.0 cm³/mol. The van der Waals surface area contributed by atoms with Gasteiger partial charge in [0.2, 0.25) is 0 Å². The molecule has 0 spiro atoms. The molecule has 0 bridgehead atoms. The van der Waals surface area contributed by atoms with E-state index in [2.05, 4.69) is 15.9 Å². The van der Waals surface area contributed by atoms with Crippen LogP contribution < -0.4 is 4.74 Å². The lowest BCUT2D eigenvalue weighted by Gasteiger charge is -2.09. The molecule has 0 fully saturated rings. The van der Waals surface area contributed by atoms with Gasteiger partial charge in [-0.3, -0.25) is 0 Å². The molecule has 2 aromatic carbocycles. The summed E-state index contributed by atoms with van der Waals surface area (Å²) in [6.45, 7) is 0.538. The van der Waals surface area contributed by atoms with Gasteiger partial charge in [-0.2, -0.15) is 5.26 Å². The van der Waals surface area contributed by atoms with Crippen LogP contribution in [0.3, 0.4) is 0 Å². The molecule has 0 heterocycles. The molecule has 0 aliphatic rings. The number of carboxylic acid groups (broad SMARTS) is 1. The van der Waals surface area contributed by atoms with Crippen LogP contribution in [0.4, 0.5) is 0 Å². The summed E-state index contributed by atoms with van der Waals surface area (Å²) in [5.41, 5.74) is 1.50. The van der Waals surface area contributed by atoms with Crippen molar-refractivity contribution in [3.8, 4) is 11.8 Å². The minimum atomic E-state index is -1.24. The standard InChI is InChI=1S/C18H14BrNO3/c19-16-11-14(10-15(12-20)18(21)22)6-7-17(16)23-9-8-13-4-2-1-3-5-13/h1-7,10-11H,8-9H2,(H,21,22). The quantitative estimate of drug-likeness (QED) is 0.613. The average molecular weight is 372 g/mol. The van der Waals surface area contributed by atoms with Gasteiger partial charge in [-0.1, -0.05) is 36.4 Å². The van der Waals surface area contributed by atoms with Crippen molar-refractivity contribution >= 4 is 28.0 Å². The van der Waals surface area contributed by atoms with Crippen LogP contribution in [0.15, 0.2) is 58.6 Å². The number of carboxylic acids is 1. The summed E-state index contributed by atoms with van der Waals surface area (Å²) < 4.78 is 6.44. The van der Waals surface area contributed by atoms with Crippen LogP contribution in [-0.4, -0.2) is 17.7 Å². The van der Waals surface area contributed by atoms with Gasteiger partial charge in [0, 0.05) is 6.42 Å². The van der Waals surface area contributed by atoms with Crippen molar-refractivity contribution in [1.82, 2.24) is 0 Å². The summed E-state index contributed by atoms with van der Waals surface area (Å²) in [5.74, 6) is -0.571. The molecule has 4 nitrogen and oxygen atoms in total. The number of nitrogens with zero attached hydrogens (tertiary/aromatic N) is 1. The number of nitriles is 1. The van der Waals surface area contributed by atoms with Crippen LogP contribution in [0, 0.1) is 11.3 Å². The van der Waals surface area contributed by atoms with E-state index in [4.69, 9.17) is 15.1 Å². The van der Waals surface area contributed by atoms with E-state index in [-0.39, 0.29) is 5.57 Å². The lowest BCUT2D eigenvalue weighted by molar-refractivity contribution is -0.132. The van der Waals surface area contributed by atoms with Crippen molar-refractivity contribution in [2.75, 3.05) is 6.61 Å². The maximum Gasteiger partial charge on any atom is 0.346 e. The monoisotopic (exact) mass is 371 g/mol. The summed E-state index contributed by atoms with van der Waals surface area (Å²) in [7, 11) is 0. The van der Waals surface area contributed by atoms with Crippen LogP contribution in [0.1, 0.15) is 11.1 Å². The van der Waals surface area contributed by atoms with Gasteiger partial charge in [0.15, 0.2) is 0 Å². The highest BCUT2D eigenvalue weighted by atomic mass is 79.9. The molecular weight excluding hydrogens is 358 g/mol. The van der Waals surface area contributed by atoms with Gasteiger partial charge in [0.1, 0.15) is 17.4 Å². The van der Waals surface area contributed by atoms with Crippen molar-refractivity contribution in [3.05, 3.63) is 69.7 Å². The molecule has 5 heteroatoms. The molecule has 0 saturated heterocycles. The molecule has 0 atom stereocenters. The van der Waals surface area contributed by atoms with E-state index in [1.54, 1.807) is 24.3 Å². The van der Waals surface area contributed by atoms with Crippen LogP contribution in [0.5, 0.6) is 5.75 Å². The molecule has 0 aliphatic carbocycles. The number of ether oxygens (including phenoxy) is 1. The Labute approximate surface area is 142 Å². The third-order valence-electron chi connectivity index (χ3n) is 3.11. The van der Waals surface area contributed by atoms with Crippen molar-refractivity contribution in [2.24, 2.45) is 0 Å². The van der Waals surface area contributed by atoms with Gasteiger partial charge < -0.3 is 9.84 Å². The maximum absolute atomic E-state index is 10.8. The Morgan fingerprint density at radius 1 is 1.26 bits per heavy atom. The average Bonchev–Trinajstić information content (AvgIpc) is 2.55. The zero-order valence-corrected chi connectivity index (χ0v) is 13.8. The highest BCUT2D eigenvalue weighted by molar-refractivity contribution is 9.10. The van der Waals surface area contributed by atoms with Crippen molar-refractivity contribution < 1.29 is 14.6 Å². The van der Waals surface area contributed by atoms with Gasteiger partial charge in [0.25, 0.3) is 0 Å². The van der Waals surface area contributed by atoms with Gasteiger partial charge in [0.05, 0.1) is 11.1 Å². The van der Waals surface area contributed by atoms with Gasteiger partial charge >= 0.3 is 5.97 Å². The van der Waals surface area contributed by atoms with Crippen LogP contribution in [0.25, 0.3) is 6.08 Å². The van der Waals surface area contributed by atoms with Gasteiger partial charge in [-0.25, -0.2) is 4.79 Å². The molecule has 0 amide bonds. The number of aliphatic carboxylic acids is 1. The van der Waals surface area contributed by atoms with Crippen LogP contribution in [0.2, 0.25) is 0 Å². The van der Waals surface area contributed by atoms with Crippen LogP contribution >= 0.6 is 15.9 Å². The second kappa shape index (κ2) is 8.16. The second-order valence-corrected chi connectivity index (χ2v) is 5.60. The Kier molecular flexibility index (Phi) is 5.95. The number of hydrogen-bond donors (Lipinski definition) is 1. The van der Waals surface area contributed by atoms with E-state index in [9.17, 15) is 4.79 Å². The van der Waals surface area contributed by atoms with Crippen molar-refractivity contribution in [1.29, 1.82) is 5.26 Å². The highest BCUT2D eigenvalue weighted by Crippen LogP contribution is 2.27. The lowest BCUT2D eigenvalue weighted by atomic mass is 10.1. The Balaban J connectivity index is 2.02. The summed E-state index contributed by atoms with van der Waals surface area (Å²) >= 11 is 3.40. The minimum absolute atomic E-state index is 0.311. The Morgan fingerprint density at radius 2 is 2.00 bits per heavy atom. The third-order valence-corrected chi connectivity index (χ3v) is 3.73. The molecule has 116 valence electrons. The predicted octanol–water partition coefficient (Wildman–Crippen LogP) is 4.06. The molecule has 2 aromatic rings. The first kappa shape index (κ1) is 16.8. The fourth-order valence-electron chi connectivity index (χ4n) is 1.96. The molecule has 23 heavy (non-hydrogen) atoms. The normalized spacial score (nSPS) is 10.9. The fraction of sp³-hybridized carbons (Fsp3) is 0.111. The number of benzene rings is 2. The smallest absolute Gasteiger partial charge is 0.346 e. The largest absolute Gasteiger partial charge is 0.492 e. The molecule has 0 aromatic heterocycles. The first-order chi connectivity index (χ1) is 11.1. The lowest BCUT2D eigenvalue weighted by Crippen LogP contribution is -2.02. The summed E-state index contributed by atoms with van der Waals surface area (Å²) in [6, 6.07) is 16.9. The first-order valence-electron chi connectivity index (χ1n) is 6.91. The van der Waals surface area contributed by atoms with E-state index in [0.717, 1.165) is 6.42 Å². The van der Waals surface area contributed by atoms with Gasteiger partial charge in [-0.15, -0.1) is 0 Å². The minimum Gasteiger partial charge on any atom is -0.492 e. The number of hydrogen-bond acceptors (Lipinski definition) is 3. The number of carbonyl (C=O) groups is 1. The van der Waals surface area contributed by atoms with Crippen molar-refractivity contribution in [2.45, 2.75) is 6.42 Å². The molecule has 2 rings (SSSR count). The highest BCUT2D eigenvalue weighted by Gasteiger charge is 2.07. The Morgan fingerprint density at radius 3 is 2.61 bits per heavy atom. The first-order valence-corrected chi connectivity index (χ1v) is 7.71. The van der Waals surface area contributed by atoms with E-state index < -0.39 is 5.97 Å². The summed E-state index contributed by atoms with van der Waals surface area (Å²) in [6.07, 6.45) is 2.12. The Hall–Kier alpha value is -2.58. The second-order valence-electron chi connectivity index (χ2n) is 4.75. The zero-order chi connectivity index (χ0) is 16.7.